The SMILES string of the molecule is C=C(C1=C(NC)CCC2(C1)OCCO2)c1cnoc1-c1ccccc1. The quantitative estimate of drug-likeness (QED) is 0.920. The first kappa shape index (κ1) is 16.1. The fraction of sp³-hybridized carbons (Fsp3) is 0.350. The molecule has 1 aliphatic heterocycles. The van der Waals surface area contributed by atoms with Gasteiger partial charge in [0.15, 0.2) is 11.5 Å². The van der Waals surface area contributed by atoms with Gasteiger partial charge in [-0.2, -0.15) is 0 Å². The first-order valence-corrected chi connectivity index (χ1v) is 8.60. The molecule has 1 saturated heterocycles. The molecular weight excluding hydrogens is 316 g/mol. The van der Waals surface area contributed by atoms with E-state index in [1.165, 1.54) is 5.70 Å². The molecule has 5 nitrogen and oxygen atoms in total. The second-order valence-electron chi connectivity index (χ2n) is 6.40. The number of allylic oxidation sites excluding steroid dienone is 2. The Morgan fingerprint density at radius 2 is 1.96 bits per heavy atom. The number of hydrogen-bond acceptors (Lipinski definition) is 5. The Morgan fingerprint density at radius 3 is 2.68 bits per heavy atom. The van der Waals surface area contributed by atoms with Gasteiger partial charge in [-0.05, 0) is 17.6 Å². The summed E-state index contributed by atoms with van der Waals surface area (Å²) < 4.78 is 17.4. The van der Waals surface area contributed by atoms with Crippen molar-refractivity contribution in [2.24, 2.45) is 0 Å². The van der Waals surface area contributed by atoms with Crippen LogP contribution in [0.25, 0.3) is 16.9 Å². The van der Waals surface area contributed by atoms with Crippen molar-refractivity contribution in [1.29, 1.82) is 0 Å². The summed E-state index contributed by atoms with van der Waals surface area (Å²) >= 11 is 0. The lowest BCUT2D eigenvalue weighted by molar-refractivity contribution is -0.163. The summed E-state index contributed by atoms with van der Waals surface area (Å²) in [5.41, 5.74) is 5.10. The summed E-state index contributed by atoms with van der Waals surface area (Å²) in [5, 5.41) is 7.33. The minimum Gasteiger partial charge on any atom is -0.391 e. The van der Waals surface area contributed by atoms with Crippen LogP contribution in [-0.4, -0.2) is 31.2 Å². The highest BCUT2D eigenvalue weighted by atomic mass is 16.7. The Kier molecular flexibility index (Phi) is 4.19. The predicted octanol–water partition coefficient (Wildman–Crippen LogP) is 3.76. The number of nitrogens with zero attached hydrogens (tertiary/aromatic N) is 1. The number of hydrogen-bond donors (Lipinski definition) is 1. The molecular formula is C20H22N2O3. The highest BCUT2D eigenvalue weighted by molar-refractivity contribution is 5.85. The van der Waals surface area contributed by atoms with Crippen LogP contribution in [0.4, 0.5) is 0 Å². The second kappa shape index (κ2) is 6.50. The van der Waals surface area contributed by atoms with Crippen LogP contribution in [0.5, 0.6) is 0 Å². The molecule has 0 radical (unpaired) electrons. The molecule has 2 aromatic rings. The van der Waals surface area contributed by atoms with Crippen LogP contribution in [0.1, 0.15) is 24.8 Å². The fourth-order valence-corrected chi connectivity index (χ4v) is 3.65. The van der Waals surface area contributed by atoms with E-state index >= 15 is 0 Å². The lowest BCUT2D eigenvalue weighted by Gasteiger charge is -2.35. The number of rotatable bonds is 4. The zero-order valence-corrected chi connectivity index (χ0v) is 14.4. The molecule has 2 heterocycles. The zero-order valence-electron chi connectivity index (χ0n) is 14.4. The smallest absolute Gasteiger partial charge is 0.174 e. The Hall–Kier alpha value is -2.37. The van der Waals surface area contributed by atoms with Gasteiger partial charge in [0.2, 0.25) is 0 Å². The third-order valence-corrected chi connectivity index (χ3v) is 4.98. The Balaban J connectivity index is 1.70. The maximum absolute atomic E-state index is 5.92. The van der Waals surface area contributed by atoms with E-state index in [1.807, 2.05) is 37.4 Å². The first-order valence-electron chi connectivity index (χ1n) is 8.60. The molecule has 0 unspecified atom stereocenters. The van der Waals surface area contributed by atoms with Crippen LogP contribution in [0.15, 0.2) is 58.9 Å². The van der Waals surface area contributed by atoms with Crippen molar-refractivity contribution in [3.63, 3.8) is 0 Å². The van der Waals surface area contributed by atoms with Crippen LogP contribution in [0.3, 0.4) is 0 Å². The van der Waals surface area contributed by atoms with Gasteiger partial charge >= 0.3 is 0 Å². The van der Waals surface area contributed by atoms with Crippen LogP contribution in [-0.2, 0) is 9.47 Å². The fourth-order valence-electron chi connectivity index (χ4n) is 3.65. The monoisotopic (exact) mass is 338 g/mol. The molecule has 0 saturated carbocycles. The van der Waals surface area contributed by atoms with E-state index in [0.717, 1.165) is 40.9 Å². The third kappa shape index (κ3) is 2.90. The Labute approximate surface area is 147 Å². The molecule has 4 rings (SSSR count). The minimum atomic E-state index is -0.511. The summed E-state index contributed by atoms with van der Waals surface area (Å²) in [7, 11) is 1.95. The van der Waals surface area contributed by atoms with E-state index in [1.54, 1.807) is 6.20 Å². The van der Waals surface area contributed by atoms with Gasteiger partial charge in [0.05, 0.1) is 19.4 Å². The maximum Gasteiger partial charge on any atom is 0.174 e. The molecule has 0 amide bonds. The van der Waals surface area contributed by atoms with Crippen molar-refractivity contribution in [1.82, 2.24) is 10.5 Å². The third-order valence-electron chi connectivity index (χ3n) is 4.98. The molecule has 1 N–H and O–H groups in total. The number of ether oxygens (including phenoxy) is 2. The average molecular weight is 338 g/mol. The van der Waals surface area contributed by atoms with E-state index < -0.39 is 5.79 Å². The van der Waals surface area contributed by atoms with Crippen LogP contribution in [0, 0.1) is 0 Å². The number of benzene rings is 1. The highest BCUT2D eigenvalue weighted by Gasteiger charge is 2.41. The molecule has 1 aromatic carbocycles. The molecule has 1 fully saturated rings. The summed E-state index contributed by atoms with van der Waals surface area (Å²) in [4.78, 5) is 0. The van der Waals surface area contributed by atoms with E-state index in [9.17, 15) is 0 Å². The van der Waals surface area contributed by atoms with Crippen LogP contribution >= 0.6 is 0 Å². The minimum absolute atomic E-state index is 0.511. The van der Waals surface area contributed by atoms with Gasteiger partial charge in [-0.15, -0.1) is 0 Å². The largest absolute Gasteiger partial charge is 0.391 e. The van der Waals surface area contributed by atoms with E-state index in [4.69, 9.17) is 14.0 Å². The molecule has 0 bridgehead atoms. The first-order chi connectivity index (χ1) is 12.2. The Morgan fingerprint density at radius 1 is 1.20 bits per heavy atom. The van der Waals surface area contributed by atoms with Gasteiger partial charge in [0.25, 0.3) is 0 Å². The summed E-state index contributed by atoms with van der Waals surface area (Å²) in [6.45, 7) is 5.65. The van der Waals surface area contributed by atoms with Crippen molar-refractivity contribution in [2.75, 3.05) is 20.3 Å². The predicted molar refractivity (Wildman–Crippen MR) is 95.5 cm³/mol. The van der Waals surface area contributed by atoms with Crippen molar-refractivity contribution < 1.29 is 14.0 Å². The number of nitrogens with one attached hydrogen (secondary N) is 1. The van der Waals surface area contributed by atoms with Gasteiger partial charge < -0.3 is 19.3 Å². The van der Waals surface area contributed by atoms with Crippen LogP contribution in [0.2, 0.25) is 0 Å². The molecule has 5 heteroatoms. The maximum atomic E-state index is 5.92. The second-order valence-corrected chi connectivity index (χ2v) is 6.40. The van der Waals surface area contributed by atoms with E-state index in [2.05, 4.69) is 17.1 Å². The van der Waals surface area contributed by atoms with Gasteiger partial charge in [0.1, 0.15) is 0 Å². The van der Waals surface area contributed by atoms with Crippen molar-refractivity contribution in [3.8, 4) is 11.3 Å². The molecule has 1 spiro atoms. The Bertz CT molecular complexity index is 801. The summed E-state index contributed by atoms with van der Waals surface area (Å²) in [6.07, 6.45) is 4.15. The van der Waals surface area contributed by atoms with Gasteiger partial charge in [-0.1, -0.05) is 42.1 Å². The van der Waals surface area contributed by atoms with Gasteiger partial charge in [-0.3, -0.25) is 0 Å². The lowest BCUT2D eigenvalue weighted by Crippen LogP contribution is -2.35. The summed E-state index contributed by atoms with van der Waals surface area (Å²) in [5.74, 6) is 0.226. The van der Waals surface area contributed by atoms with Crippen molar-refractivity contribution in [2.45, 2.75) is 25.0 Å². The lowest BCUT2D eigenvalue weighted by atomic mass is 9.84. The van der Waals surface area contributed by atoms with Crippen molar-refractivity contribution >= 4 is 5.57 Å². The van der Waals surface area contributed by atoms with Gasteiger partial charge in [0, 0.05) is 36.7 Å². The van der Waals surface area contributed by atoms with Gasteiger partial charge in [-0.25, -0.2) is 0 Å². The molecule has 0 atom stereocenters. The molecule has 2 aliphatic rings. The average Bonchev–Trinajstić information content (AvgIpc) is 3.32. The normalized spacial score (nSPS) is 19.4. The topological polar surface area (TPSA) is 56.5 Å². The molecule has 25 heavy (non-hydrogen) atoms. The molecule has 1 aromatic heterocycles. The highest BCUT2D eigenvalue weighted by Crippen LogP contribution is 2.43. The zero-order chi connectivity index (χ0) is 17.3. The summed E-state index contributed by atoms with van der Waals surface area (Å²) in [6, 6.07) is 9.97. The molecule has 1 aliphatic carbocycles. The van der Waals surface area contributed by atoms with E-state index in [-0.39, 0.29) is 0 Å². The van der Waals surface area contributed by atoms with Crippen molar-refractivity contribution in [3.05, 3.63) is 59.9 Å². The van der Waals surface area contributed by atoms with Crippen LogP contribution < -0.4 is 5.32 Å². The molecule has 130 valence electrons. The standard InChI is InChI=1S/C20H22N2O3/c1-14(17-13-22-25-19(17)15-6-4-3-5-7-15)16-12-20(23-10-11-24-20)9-8-18(16)21-2/h3-7,13,21H,1,8-12H2,2H3. The van der Waals surface area contributed by atoms with E-state index in [0.29, 0.717) is 19.6 Å². The number of aromatic nitrogens is 1.